The van der Waals surface area contributed by atoms with Gasteiger partial charge in [-0.05, 0) is 36.8 Å². The highest BCUT2D eigenvalue weighted by Gasteiger charge is 2.05. The van der Waals surface area contributed by atoms with Crippen LogP contribution >= 0.6 is 15.9 Å². The molecule has 0 fully saturated rings. The van der Waals surface area contributed by atoms with Gasteiger partial charge in [0.2, 0.25) is 0 Å². The molecule has 1 aromatic heterocycles. The Kier molecular flexibility index (Phi) is 3.80. The van der Waals surface area contributed by atoms with E-state index in [1.54, 1.807) is 6.26 Å². The zero-order chi connectivity index (χ0) is 11.4. The Morgan fingerprint density at radius 3 is 2.62 bits per heavy atom. The molecule has 0 aliphatic heterocycles. The Balaban J connectivity index is 1.93. The lowest BCUT2D eigenvalue weighted by atomic mass is 10.1. The molecular weight excluding hydrogens is 266 g/mol. The van der Waals surface area contributed by atoms with Gasteiger partial charge in [-0.3, -0.25) is 0 Å². The smallest absolute Gasteiger partial charge is 0.117 e. The predicted octanol–water partition coefficient (Wildman–Crippen LogP) is 3.89. The average molecular weight is 280 g/mol. The SMILES string of the molecule is C[C@H](NCc1ccco1)c1ccc(Br)cc1. The Bertz CT molecular complexity index is 422. The van der Waals surface area contributed by atoms with Crippen molar-refractivity contribution in [3.63, 3.8) is 0 Å². The lowest BCUT2D eigenvalue weighted by Crippen LogP contribution is -2.17. The van der Waals surface area contributed by atoms with Crippen molar-refractivity contribution in [3.05, 3.63) is 58.5 Å². The Morgan fingerprint density at radius 1 is 1.25 bits per heavy atom. The van der Waals surface area contributed by atoms with Crippen LogP contribution in [0.4, 0.5) is 0 Å². The molecule has 1 atom stereocenters. The number of nitrogens with one attached hydrogen (secondary N) is 1. The third kappa shape index (κ3) is 2.97. The van der Waals surface area contributed by atoms with Gasteiger partial charge in [0.25, 0.3) is 0 Å². The van der Waals surface area contributed by atoms with Crippen molar-refractivity contribution in [1.82, 2.24) is 5.32 Å². The van der Waals surface area contributed by atoms with Crippen LogP contribution in [0.1, 0.15) is 24.3 Å². The van der Waals surface area contributed by atoms with Crippen LogP contribution in [0.2, 0.25) is 0 Å². The molecule has 0 radical (unpaired) electrons. The number of hydrogen-bond donors (Lipinski definition) is 1. The molecule has 0 amide bonds. The van der Waals surface area contributed by atoms with Gasteiger partial charge in [-0.2, -0.15) is 0 Å². The van der Waals surface area contributed by atoms with Crippen LogP contribution in [-0.2, 0) is 6.54 Å². The number of benzene rings is 1. The van der Waals surface area contributed by atoms with E-state index in [1.807, 2.05) is 12.1 Å². The first-order valence-corrected chi connectivity index (χ1v) is 6.06. The van der Waals surface area contributed by atoms with E-state index in [2.05, 4.69) is 52.4 Å². The van der Waals surface area contributed by atoms with E-state index < -0.39 is 0 Å². The lowest BCUT2D eigenvalue weighted by Gasteiger charge is -2.13. The van der Waals surface area contributed by atoms with Gasteiger partial charge in [-0.25, -0.2) is 0 Å². The zero-order valence-electron chi connectivity index (χ0n) is 9.11. The summed E-state index contributed by atoms with van der Waals surface area (Å²) in [6.45, 7) is 2.90. The normalized spacial score (nSPS) is 12.6. The van der Waals surface area contributed by atoms with Crippen LogP contribution in [-0.4, -0.2) is 0 Å². The average Bonchev–Trinajstić information content (AvgIpc) is 2.80. The summed E-state index contributed by atoms with van der Waals surface area (Å²) >= 11 is 3.43. The van der Waals surface area contributed by atoms with Gasteiger partial charge in [0.15, 0.2) is 0 Å². The minimum absolute atomic E-state index is 0.318. The second-order valence-corrected chi connectivity index (χ2v) is 4.65. The van der Waals surface area contributed by atoms with Gasteiger partial charge in [0.1, 0.15) is 5.76 Å². The van der Waals surface area contributed by atoms with Crippen LogP contribution in [0, 0.1) is 0 Å². The number of furan rings is 1. The van der Waals surface area contributed by atoms with Gasteiger partial charge in [-0.1, -0.05) is 28.1 Å². The third-order valence-electron chi connectivity index (χ3n) is 2.53. The molecule has 3 heteroatoms. The molecule has 0 saturated heterocycles. The Hall–Kier alpha value is -1.06. The minimum atomic E-state index is 0.318. The first-order valence-electron chi connectivity index (χ1n) is 5.27. The summed E-state index contributed by atoms with van der Waals surface area (Å²) in [5, 5.41) is 3.41. The number of rotatable bonds is 4. The second kappa shape index (κ2) is 5.32. The largest absolute Gasteiger partial charge is 0.468 e. The van der Waals surface area contributed by atoms with Gasteiger partial charge in [0.05, 0.1) is 12.8 Å². The van der Waals surface area contributed by atoms with E-state index in [0.717, 1.165) is 16.8 Å². The van der Waals surface area contributed by atoms with Crippen LogP contribution in [0.5, 0.6) is 0 Å². The van der Waals surface area contributed by atoms with Gasteiger partial charge in [-0.15, -0.1) is 0 Å². The van der Waals surface area contributed by atoms with Crippen LogP contribution in [0.3, 0.4) is 0 Å². The van der Waals surface area contributed by atoms with E-state index in [9.17, 15) is 0 Å². The van der Waals surface area contributed by atoms with E-state index in [1.165, 1.54) is 5.56 Å². The summed E-state index contributed by atoms with van der Waals surface area (Å²) in [5.74, 6) is 0.962. The Labute approximate surface area is 104 Å². The van der Waals surface area contributed by atoms with Crippen molar-refractivity contribution < 1.29 is 4.42 Å². The highest BCUT2D eigenvalue weighted by atomic mass is 79.9. The molecule has 2 rings (SSSR count). The summed E-state index contributed by atoms with van der Waals surface area (Å²) < 4.78 is 6.37. The maximum Gasteiger partial charge on any atom is 0.117 e. The predicted molar refractivity (Wildman–Crippen MR) is 68.1 cm³/mol. The molecule has 1 N–H and O–H groups in total. The van der Waals surface area contributed by atoms with Gasteiger partial charge >= 0.3 is 0 Å². The first-order chi connectivity index (χ1) is 7.75. The summed E-state index contributed by atoms with van der Waals surface area (Å²) in [5.41, 5.74) is 1.27. The van der Waals surface area contributed by atoms with Gasteiger partial charge < -0.3 is 9.73 Å². The maximum atomic E-state index is 5.27. The molecule has 16 heavy (non-hydrogen) atoms. The molecule has 2 nitrogen and oxygen atoms in total. The zero-order valence-corrected chi connectivity index (χ0v) is 10.7. The van der Waals surface area contributed by atoms with Crippen molar-refractivity contribution >= 4 is 15.9 Å². The molecular formula is C13H14BrNO. The molecule has 0 bridgehead atoms. The first kappa shape index (κ1) is 11.4. The minimum Gasteiger partial charge on any atom is -0.468 e. The van der Waals surface area contributed by atoms with Crippen molar-refractivity contribution in [1.29, 1.82) is 0 Å². The number of halogens is 1. The van der Waals surface area contributed by atoms with Crippen molar-refractivity contribution in [2.45, 2.75) is 19.5 Å². The fourth-order valence-corrected chi connectivity index (χ4v) is 1.80. The fourth-order valence-electron chi connectivity index (χ4n) is 1.54. The second-order valence-electron chi connectivity index (χ2n) is 3.73. The third-order valence-corrected chi connectivity index (χ3v) is 3.06. The molecule has 0 spiro atoms. The summed E-state index contributed by atoms with van der Waals surface area (Å²) in [4.78, 5) is 0. The Morgan fingerprint density at radius 2 is 2.00 bits per heavy atom. The fraction of sp³-hybridized carbons (Fsp3) is 0.231. The highest BCUT2D eigenvalue weighted by Crippen LogP contribution is 2.16. The maximum absolute atomic E-state index is 5.27. The van der Waals surface area contributed by atoms with Gasteiger partial charge in [0, 0.05) is 10.5 Å². The summed E-state index contributed by atoms with van der Waals surface area (Å²) in [6, 6.07) is 12.5. The lowest BCUT2D eigenvalue weighted by molar-refractivity contribution is 0.460. The number of hydrogen-bond acceptors (Lipinski definition) is 2. The molecule has 0 saturated carbocycles. The van der Waals surface area contributed by atoms with E-state index in [0.29, 0.717) is 6.04 Å². The quantitative estimate of drug-likeness (QED) is 0.919. The van der Waals surface area contributed by atoms with Crippen LogP contribution < -0.4 is 5.32 Å². The summed E-state index contributed by atoms with van der Waals surface area (Å²) in [6.07, 6.45) is 1.70. The molecule has 0 aliphatic rings. The molecule has 84 valence electrons. The highest BCUT2D eigenvalue weighted by molar-refractivity contribution is 9.10. The van der Waals surface area contributed by atoms with Crippen LogP contribution in [0.25, 0.3) is 0 Å². The van der Waals surface area contributed by atoms with Crippen molar-refractivity contribution in [2.24, 2.45) is 0 Å². The van der Waals surface area contributed by atoms with E-state index in [4.69, 9.17) is 4.42 Å². The van der Waals surface area contributed by atoms with Crippen LogP contribution in [0.15, 0.2) is 51.6 Å². The topological polar surface area (TPSA) is 25.2 Å². The standard InChI is InChI=1S/C13H14BrNO/c1-10(11-4-6-12(14)7-5-11)15-9-13-3-2-8-16-13/h2-8,10,15H,9H2,1H3/t10-/m0/s1. The molecule has 2 aromatic rings. The molecule has 0 unspecified atom stereocenters. The molecule has 0 aliphatic carbocycles. The van der Waals surface area contributed by atoms with Crippen molar-refractivity contribution in [3.8, 4) is 0 Å². The monoisotopic (exact) mass is 279 g/mol. The molecule has 1 aromatic carbocycles. The van der Waals surface area contributed by atoms with E-state index in [-0.39, 0.29) is 0 Å². The van der Waals surface area contributed by atoms with E-state index >= 15 is 0 Å². The molecule has 1 heterocycles. The van der Waals surface area contributed by atoms with Crippen molar-refractivity contribution in [2.75, 3.05) is 0 Å². The summed E-state index contributed by atoms with van der Waals surface area (Å²) in [7, 11) is 0.